The number of ketones is 1. The zero-order valence-corrected chi connectivity index (χ0v) is 21.4. The van der Waals surface area contributed by atoms with E-state index in [2.05, 4.69) is 15.0 Å². The Balaban J connectivity index is 0.000000676. The molecule has 2 heterocycles. The van der Waals surface area contributed by atoms with E-state index >= 15 is 0 Å². The molecule has 8 nitrogen and oxygen atoms in total. The molecule has 1 unspecified atom stereocenters. The maximum absolute atomic E-state index is 14.6. The summed E-state index contributed by atoms with van der Waals surface area (Å²) < 4.78 is 131. The third-order valence-electron chi connectivity index (χ3n) is 5.80. The van der Waals surface area contributed by atoms with Crippen molar-refractivity contribution in [2.45, 2.75) is 30.7 Å². The van der Waals surface area contributed by atoms with Crippen molar-refractivity contribution < 1.29 is 72.9 Å². The summed E-state index contributed by atoms with van der Waals surface area (Å²) in [6.45, 7) is 0.000414. The first-order chi connectivity index (χ1) is 20.2. The molecule has 0 bridgehead atoms. The van der Waals surface area contributed by atoms with Crippen LogP contribution in [0.5, 0.6) is 11.5 Å². The zero-order valence-electron chi connectivity index (χ0n) is 21.4. The number of aliphatic carboxylic acids is 1. The van der Waals surface area contributed by atoms with Crippen LogP contribution in [0.15, 0.2) is 60.8 Å². The van der Waals surface area contributed by atoms with E-state index in [-0.39, 0.29) is 35.6 Å². The molecule has 0 saturated heterocycles. The second-order valence-corrected chi connectivity index (χ2v) is 8.71. The van der Waals surface area contributed by atoms with Crippen molar-refractivity contribution in [3.05, 3.63) is 89.0 Å². The minimum atomic E-state index is -5.14. The van der Waals surface area contributed by atoms with Gasteiger partial charge < -0.3 is 19.9 Å². The molecule has 1 amide bonds. The predicted molar refractivity (Wildman–Crippen MR) is 126 cm³/mol. The molecule has 2 N–H and O–H groups in total. The lowest BCUT2D eigenvalue weighted by atomic mass is 9.81. The lowest BCUT2D eigenvalue weighted by molar-refractivity contribution is -0.275. The van der Waals surface area contributed by atoms with Gasteiger partial charge in [0.25, 0.3) is 11.7 Å². The monoisotopic (exact) mass is 642 g/mol. The van der Waals surface area contributed by atoms with Crippen LogP contribution in [0.2, 0.25) is 0 Å². The lowest BCUT2D eigenvalue weighted by Gasteiger charge is -2.39. The Labute approximate surface area is 239 Å². The van der Waals surface area contributed by atoms with Gasteiger partial charge in [-0.25, -0.2) is 9.18 Å². The molecule has 4 rings (SSSR count). The van der Waals surface area contributed by atoms with Gasteiger partial charge in [0.05, 0.1) is 6.61 Å². The van der Waals surface area contributed by atoms with E-state index in [1.54, 1.807) is 0 Å². The molecule has 1 aliphatic rings. The van der Waals surface area contributed by atoms with E-state index in [1.165, 1.54) is 18.3 Å². The highest BCUT2D eigenvalue weighted by Gasteiger charge is 2.44. The highest BCUT2D eigenvalue weighted by Crippen LogP contribution is 2.42. The molecule has 0 spiro atoms. The summed E-state index contributed by atoms with van der Waals surface area (Å²) in [6.07, 6.45) is -14.0. The fourth-order valence-electron chi connectivity index (χ4n) is 3.91. The Morgan fingerprint density at radius 1 is 0.886 bits per heavy atom. The molecular weight excluding hydrogens is 626 g/mol. The van der Waals surface area contributed by atoms with E-state index in [0.29, 0.717) is 0 Å². The summed E-state index contributed by atoms with van der Waals surface area (Å²) in [4.78, 5) is 37.7. The molecule has 0 radical (unpaired) electrons. The number of carboxylic acids is 1. The number of hydrogen-bond donors (Lipinski definition) is 2. The van der Waals surface area contributed by atoms with Gasteiger partial charge in [0.15, 0.2) is 11.6 Å². The van der Waals surface area contributed by atoms with E-state index in [9.17, 15) is 53.5 Å². The summed E-state index contributed by atoms with van der Waals surface area (Å²) in [5.41, 5.74) is -2.27. The number of carbonyl (C=O) groups excluding carboxylic acids is 2. The van der Waals surface area contributed by atoms with Gasteiger partial charge in [0, 0.05) is 23.7 Å². The van der Waals surface area contributed by atoms with E-state index in [4.69, 9.17) is 14.6 Å². The summed E-state index contributed by atoms with van der Waals surface area (Å²) in [6, 6.07) is 9.36. The van der Waals surface area contributed by atoms with E-state index in [0.717, 1.165) is 42.5 Å². The Hall–Kier alpha value is -4.90. The number of alkyl halides is 9. The molecule has 2 aromatic carbocycles. The van der Waals surface area contributed by atoms with Gasteiger partial charge >= 0.3 is 24.7 Å². The summed E-state index contributed by atoms with van der Waals surface area (Å²) in [7, 11) is 0. The average molecular weight is 642 g/mol. The number of carboxylic acid groups (broad SMARTS) is 1. The standard InChI is InChI=1S/C24H15F7N2O4.C2HF3O2/c25-16-12-15(7-8-17(16)37-24(29,30)31)22(9-11-36-18-2-1-10-32-19(18)22)33-21(35)14-5-3-13(4-6-14)20(34)23(26,27)28;3-2(4,5)1(6)7/h1-8,10,12H,9,11H2,(H,33,35);(H,6,7). The van der Waals surface area contributed by atoms with Crippen LogP contribution in [0.25, 0.3) is 0 Å². The largest absolute Gasteiger partial charge is 0.573 e. The molecule has 44 heavy (non-hydrogen) atoms. The lowest BCUT2D eigenvalue weighted by Crippen LogP contribution is -2.50. The topological polar surface area (TPSA) is 115 Å². The number of hydrogen-bond acceptors (Lipinski definition) is 6. The van der Waals surface area contributed by atoms with Crippen molar-refractivity contribution >= 4 is 17.7 Å². The fraction of sp³-hybridized carbons (Fsp3) is 0.231. The third kappa shape index (κ3) is 7.93. The van der Waals surface area contributed by atoms with Crippen LogP contribution in [-0.2, 0) is 10.3 Å². The minimum Gasteiger partial charge on any atom is -0.491 e. The highest BCUT2D eigenvalue weighted by atomic mass is 19.4. The first kappa shape index (κ1) is 33.6. The number of nitrogens with zero attached hydrogens (tertiary/aromatic N) is 1. The number of halogens is 10. The van der Waals surface area contributed by atoms with Crippen molar-refractivity contribution in [1.82, 2.24) is 10.3 Å². The van der Waals surface area contributed by atoms with Gasteiger partial charge in [0.1, 0.15) is 17.0 Å². The van der Waals surface area contributed by atoms with Crippen LogP contribution >= 0.6 is 0 Å². The van der Waals surface area contributed by atoms with Gasteiger partial charge in [-0.3, -0.25) is 14.6 Å². The van der Waals surface area contributed by atoms with Crippen molar-refractivity contribution in [3.8, 4) is 11.5 Å². The number of aromatic nitrogens is 1. The Kier molecular flexibility index (Phi) is 9.45. The van der Waals surface area contributed by atoms with Crippen LogP contribution < -0.4 is 14.8 Å². The normalized spacial score (nSPS) is 16.4. The summed E-state index contributed by atoms with van der Waals surface area (Å²) in [5, 5.41) is 9.80. The number of carbonyl (C=O) groups is 3. The zero-order chi connectivity index (χ0) is 33.1. The van der Waals surface area contributed by atoms with Crippen LogP contribution in [-0.4, -0.2) is 53.1 Å². The second-order valence-electron chi connectivity index (χ2n) is 8.71. The molecule has 0 saturated carbocycles. The van der Waals surface area contributed by atoms with E-state index in [1.807, 2.05) is 0 Å². The number of amides is 1. The van der Waals surface area contributed by atoms with Crippen LogP contribution in [0, 0.1) is 5.82 Å². The molecule has 1 aliphatic heterocycles. The fourth-order valence-corrected chi connectivity index (χ4v) is 3.91. The quantitative estimate of drug-likeness (QED) is 0.261. The van der Waals surface area contributed by atoms with Crippen molar-refractivity contribution in [2.75, 3.05) is 6.61 Å². The van der Waals surface area contributed by atoms with Gasteiger partial charge in [-0.15, -0.1) is 13.2 Å². The van der Waals surface area contributed by atoms with Crippen molar-refractivity contribution in [1.29, 1.82) is 0 Å². The smallest absolute Gasteiger partial charge is 0.491 e. The number of nitrogens with one attached hydrogen (secondary N) is 1. The Bertz CT molecular complexity index is 1540. The molecule has 1 aromatic heterocycles. The first-order valence-electron chi connectivity index (χ1n) is 11.7. The average Bonchev–Trinajstić information content (AvgIpc) is 2.92. The van der Waals surface area contributed by atoms with Crippen LogP contribution in [0.3, 0.4) is 0 Å². The number of ether oxygens (including phenoxy) is 2. The van der Waals surface area contributed by atoms with Gasteiger partial charge in [0.2, 0.25) is 0 Å². The summed E-state index contributed by atoms with van der Waals surface area (Å²) >= 11 is 0. The van der Waals surface area contributed by atoms with Gasteiger partial charge in [-0.2, -0.15) is 26.3 Å². The van der Waals surface area contributed by atoms with Crippen molar-refractivity contribution in [2.24, 2.45) is 0 Å². The molecule has 1 atom stereocenters. The van der Waals surface area contributed by atoms with Crippen molar-refractivity contribution in [3.63, 3.8) is 0 Å². The maximum atomic E-state index is 14.6. The minimum absolute atomic E-state index is 0.000414. The number of rotatable bonds is 5. The molecule has 18 heteroatoms. The van der Waals surface area contributed by atoms with E-state index < -0.39 is 59.0 Å². The van der Waals surface area contributed by atoms with Crippen LogP contribution in [0.4, 0.5) is 43.9 Å². The third-order valence-corrected chi connectivity index (χ3v) is 5.80. The summed E-state index contributed by atoms with van der Waals surface area (Å²) in [5.74, 6) is -7.90. The van der Waals surface area contributed by atoms with Crippen LogP contribution in [0.1, 0.15) is 38.4 Å². The highest BCUT2D eigenvalue weighted by molar-refractivity contribution is 6.01. The maximum Gasteiger partial charge on any atom is 0.573 e. The Morgan fingerprint density at radius 3 is 2.00 bits per heavy atom. The molecule has 0 aliphatic carbocycles. The van der Waals surface area contributed by atoms with Gasteiger partial charge in [-0.1, -0.05) is 18.2 Å². The molecule has 0 fully saturated rings. The molecule has 236 valence electrons. The SMILES string of the molecule is O=C(NC1(c2ccc(OC(F)(F)F)c(F)c2)CCOc2cccnc21)c1ccc(C(=O)C(F)(F)F)cc1.O=C(O)C(F)(F)F. The first-order valence-corrected chi connectivity index (χ1v) is 11.7. The number of fused-ring (bicyclic) bond motifs is 1. The second kappa shape index (κ2) is 12.4. The number of pyridine rings is 1. The van der Waals surface area contributed by atoms with Gasteiger partial charge in [-0.05, 0) is 42.0 Å². The predicted octanol–water partition coefficient (Wildman–Crippen LogP) is 5.95. The number of Topliss-reactive ketones (excluding diaryl/α,β-unsaturated/α-hetero) is 1. The Morgan fingerprint density at radius 2 is 1.48 bits per heavy atom. The number of benzene rings is 2. The molecule has 3 aromatic rings. The molecular formula is C26H16F10N2O6.